The summed E-state index contributed by atoms with van der Waals surface area (Å²) in [5.41, 5.74) is 4.00. The second kappa shape index (κ2) is 6.01. The lowest BCUT2D eigenvalue weighted by molar-refractivity contribution is 0.589. The number of hydrogen-bond acceptors (Lipinski definition) is 1. The molecule has 0 saturated heterocycles. The van der Waals surface area contributed by atoms with E-state index < -0.39 is 0 Å². The van der Waals surface area contributed by atoms with E-state index in [0.29, 0.717) is 0 Å². The third kappa shape index (κ3) is 3.63. The second-order valence-electron chi connectivity index (χ2n) is 6.22. The predicted molar refractivity (Wildman–Crippen MR) is 91.3 cm³/mol. The van der Waals surface area contributed by atoms with Crippen LogP contribution < -0.4 is 5.32 Å². The molecule has 0 spiro atoms. The Hall–Kier alpha value is -1.28. The molecule has 1 unspecified atom stereocenters. The molecular weight excluding hydrogens is 310 g/mol. The van der Waals surface area contributed by atoms with E-state index in [0.717, 1.165) is 10.2 Å². The molecular formula is C18H22BrN. The maximum atomic E-state index is 3.57. The highest BCUT2D eigenvalue weighted by Crippen LogP contribution is 2.28. The minimum absolute atomic E-state index is 0.206. The molecule has 0 radical (unpaired) electrons. The third-order valence-corrected chi connectivity index (χ3v) is 4.21. The Labute approximate surface area is 130 Å². The van der Waals surface area contributed by atoms with Crippen molar-refractivity contribution in [3.05, 3.63) is 64.1 Å². The van der Waals surface area contributed by atoms with Crippen LogP contribution >= 0.6 is 15.9 Å². The van der Waals surface area contributed by atoms with Gasteiger partial charge in [-0.25, -0.2) is 0 Å². The summed E-state index contributed by atoms with van der Waals surface area (Å²) < 4.78 is 1.10. The first-order valence-electron chi connectivity index (χ1n) is 6.99. The molecule has 0 aliphatic carbocycles. The van der Waals surface area contributed by atoms with Gasteiger partial charge in [0.25, 0.3) is 0 Å². The summed E-state index contributed by atoms with van der Waals surface area (Å²) in [4.78, 5) is 0. The van der Waals surface area contributed by atoms with Gasteiger partial charge in [0, 0.05) is 16.2 Å². The van der Waals surface area contributed by atoms with Crippen LogP contribution in [-0.2, 0) is 5.41 Å². The molecule has 0 bridgehead atoms. The molecule has 0 aliphatic heterocycles. The maximum absolute atomic E-state index is 3.57. The van der Waals surface area contributed by atoms with Gasteiger partial charge in [-0.3, -0.25) is 0 Å². The molecule has 1 nitrogen and oxygen atoms in total. The van der Waals surface area contributed by atoms with Crippen LogP contribution in [0.2, 0.25) is 0 Å². The molecule has 106 valence electrons. The highest BCUT2D eigenvalue weighted by molar-refractivity contribution is 9.10. The van der Waals surface area contributed by atoms with E-state index in [1.807, 2.05) is 12.1 Å². The molecule has 2 aromatic carbocycles. The molecule has 0 aromatic heterocycles. The van der Waals surface area contributed by atoms with Crippen LogP contribution in [0.1, 0.15) is 44.9 Å². The average Bonchev–Trinajstić information content (AvgIpc) is 2.40. The van der Waals surface area contributed by atoms with Crippen molar-refractivity contribution in [2.24, 2.45) is 0 Å². The lowest BCUT2D eigenvalue weighted by atomic mass is 9.86. The summed E-state index contributed by atoms with van der Waals surface area (Å²) in [7, 11) is 0. The summed E-state index contributed by atoms with van der Waals surface area (Å²) >= 11 is 3.57. The Morgan fingerprint density at radius 3 is 2.10 bits per heavy atom. The first-order valence-corrected chi connectivity index (χ1v) is 7.79. The lowest BCUT2D eigenvalue weighted by Gasteiger charge is -2.21. The molecule has 0 heterocycles. The van der Waals surface area contributed by atoms with E-state index in [9.17, 15) is 0 Å². The smallest absolute Gasteiger partial charge is 0.0489 e. The molecule has 1 atom stereocenters. The van der Waals surface area contributed by atoms with Crippen LogP contribution in [0.5, 0.6) is 0 Å². The summed E-state index contributed by atoms with van der Waals surface area (Å²) in [6.07, 6.45) is 0. The van der Waals surface area contributed by atoms with Gasteiger partial charge in [0.1, 0.15) is 0 Å². The zero-order chi connectivity index (χ0) is 14.8. The Kier molecular flexibility index (Phi) is 4.54. The number of benzene rings is 2. The van der Waals surface area contributed by atoms with E-state index >= 15 is 0 Å². The zero-order valence-electron chi connectivity index (χ0n) is 12.6. The van der Waals surface area contributed by atoms with Crippen LogP contribution in [0.25, 0.3) is 0 Å². The Morgan fingerprint density at radius 2 is 1.55 bits per heavy atom. The number of hydrogen-bond donors (Lipinski definition) is 1. The SMILES string of the molecule is CC(Nc1ccccc1Br)c1ccc(C(C)(C)C)cc1. The molecule has 2 rings (SSSR count). The average molecular weight is 332 g/mol. The van der Waals surface area contributed by atoms with Crippen molar-refractivity contribution in [2.45, 2.75) is 39.2 Å². The number of nitrogens with one attached hydrogen (secondary N) is 1. The molecule has 0 saturated carbocycles. The van der Waals surface area contributed by atoms with Crippen molar-refractivity contribution >= 4 is 21.6 Å². The molecule has 0 aliphatic rings. The van der Waals surface area contributed by atoms with E-state index in [1.165, 1.54) is 11.1 Å². The van der Waals surface area contributed by atoms with Gasteiger partial charge in [0.2, 0.25) is 0 Å². The number of anilines is 1. The van der Waals surface area contributed by atoms with E-state index in [1.54, 1.807) is 0 Å². The predicted octanol–water partition coefficient (Wildman–Crippen LogP) is 5.92. The van der Waals surface area contributed by atoms with Crippen LogP contribution in [0.4, 0.5) is 5.69 Å². The highest BCUT2D eigenvalue weighted by atomic mass is 79.9. The van der Waals surface area contributed by atoms with Gasteiger partial charge in [0.15, 0.2) is 0 Å². The van der Waals surface area contributed by atoms with Gasteiger partial charge >= 0.3 is 0 Å². The first kappa shape index (κ1) is 15.1. The van der Waals surface area contributed by atoms with E-state index in [4.69, 9.17) is 0 Å². The van der Waals surface area contributed by atoms with Gasteiger partial charge in [0.05, 0.1) is 0 Å². The number of para-hydroxylation sites is 1. The first-order chi connectivity index (χ1) is 9.38. The second-order valence-corrected chi connectivity index (χ2v) is 7.07. The topological polar surface area (TPSA) is 12.0 Å². The van der Waals surface area contributed by atoms with Crippen LogP contribution in [0.3, 0.4) is 0 Å². The van der Waals surface area contributed by atoms with E-state index in [-0.39, 0.29) is 11.5 Å². The van der Waals surface area contributed by atoms with Gasteiger partial charge in [-0.2, -0.15) is 0 Å². The fourth-order valence-corrected chi connectivity index (χ4v) is 2.57. The fraction of sp³-hybridized carbons (Fsp3) is 0.333. The van der Waals surface area contributed by atoms with E-state index in [2.05, 4.69) is 85.3 Å². The third-order valence-electron chi connectivity index (χ3n) is 3.52. The minimum Gasteiger partial charge on any atom is -0.378 e. The van der Waals surface area contributed by atoms with Crippen LogP contribution in [-0.4, -0.2) is 0 Å². The monoisotopic (exact) mass is 331 g/mol. The Balaban J connectivity index is 2.14. The van der Waals surface area contributed by atoms with Crippen molar-refractivity contribution in [3.63, 3.8) is 0 Å². The Morgan fingerprint density at radius 1 is 0.950 bits per heavy atom. The molecule has 2 aromatic rings. The Bertz CT molecular complexity index is 567. The van der Waals surface area contributed by atoms with Crippen LogP contribution in [0, 0.1) is 0 Å². The normalized spacial score (nSPS) is 13.1. The summed E-state index contributed by atoms with van der Waals surface area (Å²) in [6.45, 7) is 8.91. The molecule has 2 heteroatoms. The quantitative estimate of drug-likeness (QED) is 0.736. The lowest BCUT2D eigenvalue weighted by Crippen LogP contribution is -2.12. The molecule has 0 fully saturated rings. The van der Waals surface area contributed by atoms with Crippen molar-refractivity contribution < 1.29 is 0 Å². The van der Waals surface area contributed by atoms with Gasteiger partial charge in [-0.05, 0) is 51.5 Å². The van der Waals surface area contributed by atoms with Gasteiger partial charge in [-0.1, -0.05) is 57.2 Å². The summed E-state index contributed by atoms with van der Waals surface area (Å²) in [5, 5.41) is 3.54. The molecule has 0 amide bonds. The molecule has 20 heavy (non-hydrogen) atoms. The minimum atomic E-state index is 0.206. The highest BCUT2D eigenvalue weighted by Gasteiger charge is 2.14. The van der Waals surface area contributed by atoms with Crippen molar-refractivity contribution in [2.75, 3.05) is 5.32 Å². The molecule has 1 N–H and O–H groups in total. The van der Waals surface area contributed by atoms with Crippen LogP contribution in [0.15, 0.2) is 53.0 Å². The number of rotatable bonds is 3. The largest absolute Gasteiger partial charge is 0.378 e. The van der Waals surface area contributed by atoms with Crippen molar-refractivity contribution in [3.8, 4) is 0 Å². The standard InChI is InChI=1S/C18H22BrN/c1-13(20-17-8-6-5-7-16(17)19)14-9-11-15(12-10-14)18(2,3)4/h5-13,20H,1-4H3. The summed E-state index contributed by atoms with van der Waals surface area (Å²) in [6, 6.07) is 17.4. The van der Waals surface area contributed by atoms with Crippen molar-refractivity contribution in [1.29, 1.82) is 0 Å². The maximum Gasteiger partial charge on any atom is 0.0489 e. The van der Waals surface area contributed by atoms with Gasteiger partial charge in [-0.15, -0.1) is 0 Å². The zero-order valence-corrected chi connectivity index (χ0v) is 14.2. The summed E-state index contributed by atoms with van der Waals surface area (Å²) in [5.74, 6) is 0. The number of halogens is 1. The van der Waals surface area contributed by atoms with Gasteiger partial charge < -0.3 is 5.32 Å². The van der Waals surface area contributed by atoms with Crippen molar-refractivity contribution in [1.82, 2.24) is 0 Å². The fourth-order valence-electron chi connectivity index (χ4n) is 2.17.